The first-order valence-corrected chi connectivity index (χ1v) is 19.4. The lowest BCUT2D eigenvalue weighted by atomic mass is 9.94. The van der Waals surface area contributed by atoms with Gasteiger partial charge in [0.25, 0.3) is 0 Å². The molecule has 0 atom stereocenters. The van der Waals surface area contributed by atoms with Crippen molar-refractivity contribution in [1.82, 2.24) is 0 Å². The molecule has 0 heterocycles. The Balaban J connectivity index is 0.000000234. The molecule has 0 spiro atoms. The molecule has 1 aliphatic carbocycles. The van der Waals surface area contributed by atoms with E-state index in [0.717, 1.165) is 25.2 Å². The number of nitrogens with zero attached hydrogens (tertiary/aromatic N) is 1. The highest BCUT2D eigenvalue weighted by atomic mass is 15.2. The first-order valence-electron chi connectivity index (χ1n) is 19.4. The van der Waals surface area contributed by atoms with Gasteiger partial charge in [-0.1, -0.05) is 186 Å². The Hall–Kier alpha value is -4.88. The van der Waals surface area contributed by atoms with E-state index in [2.05, 4.69) is 188 Å². The molecule has 0 radical (unpaired) electrons. The van der Waals surface area contributed by atoms with Gasteiger partial charge in [0.1, 0.15) is 0 Å². The molecule has 6 aromatic carbocycles. The van der Waals surface area contributed by atoms with Crippen molar-refractivity contribution in [2.45, 2.75) is 93.9 Å². The highest BCUT2D eigenvalue weighted by Crippen LogP contribution is 2.44. The van der Waals surface area contributed by atoms with Crippen LogP contribution in [0.1, 0.15) is 88.1 Å². The molecule has 1 nitrogen and oxygen atoms in total. The Morgan fingerprint density at radius 3 is 1.40 bits per heavy atom. The maximum absolute atomic E-state index is 2.50. The number of hydrogen-bond donors (Lipinski definition) is 0. The molecule has 0 aromatic heterocycles. The maximum Gasteiger partial charge on any atom is 0.0615 e. The molecule has 0 unspecified atom stereocenters. The van der Waals surface area contributed by atoms with Gasteiger partial charge >= 0.3 is 0 Å². The number of aryl methyl sites for hydroxylation is 5. The van der Waals surface area contributed by atoms with Crippen molar-refractivity contribution in [3.05, 3.63) is 179 Å². The largest absolute Gasteiger partial charge is 0.313 e. The fraction of sp³-hybridized carbons (Fsp3) is 0.294. The van der Waals surface area contributed by atoms with E-state index in [1.165, 1.54) is 85.7 Å². The van der Waals surface area contributed by atoms with Gasteiger partial charge in [0.2, 0.25) is 0 Å². The van der Waals surface area contributed by atoms with Crippen LogP contribution in [0, 0.1) is 26.7 Å². The van der Waals surface area contributed by atoms with Crippen LogP contribution in [0.4, 0.5) is 11.4 Å². The summed E-state index contributed by atoms with van der Waals surface area (Å²) in [6.45, 7) is 17.4. The molecule has 6 aromatic rings. The number of hydrogen-bond acceptors (Lipinski definition) is 1. The van der Waals surface area contributed by atoms with Gasteiger partial charge < -0.3 is 4.90 Å². The van der Waals surface area contributed by atoms with E-state index in [-0.39, 0.29) is 0 Å². The van der Waals surface area contributed by atoms with Crippen LogP contribution in [-0.2, 0) is 12.8 Å². The van der Waals surface area contributed by atoms with Gasteiger partial charge in [-0.15, -0.1) is 0 Å². The SMILES string of the molecule is CC(C)C.CCCc1ccc(C)cc1.CCCc1ccc(N(C2=CC=CCC2)c2c3ccccc3c(C)c3ccccc23)cc1.Cc1ccccc1. The first-order chi connectivity index (χ1) is 25.2. The van der Waals surface area contributed by atoms with Gasteiger partial charge in [-0.3, -0.25) is 0 Å². The molecule has 0 aliphatic heterocycles. The van der Waals surface area contributed by atoms with Crippen LogP contribution in [0.2, 0.25) is 0 Å². The van der Waals surface area contributed by atoms with Crippen molar-refractivity contribution in [2.75, 3.05) is 4.90 Å². The van der Waals surface area contributed by atoms with Crippen LogP contribution in [0.25, 0.3) is 21.5 Å². The standard InChI is InChI=1S/C30H29N.C10H14.C7H8.C4H10/c1-3-11-23-18-20-25(21-19-23)31(24-12-5-4-6-13-24)30-28-16-9-7-14-26(28)22(2)27-15-8-10-17-29(27)30;1-3-4-10-7-5-9(2)6-8-10;1-7-5-3-2-4-6-7;1-4(2)3/h4-5,7-10,12,14-21H,3,6,11,13H2,1-2H3;5-8H,3-4H2,1-2H3;2-6H,1H3;4H,1-3H3. The summed E-state index contributed by atoms with van der Waals surface area (Å²) in [7, 11) is 0. The molecule has 0 saturated heterocycles. The van der Waals surface area contributed by atoms with Gasteiger partial charge in [-0.25, -0.2) is 0 Å². The van der Waals surface area contributed by atoms with Gasteiger partial charge in [0.15, 0.2) is 0 Å². The topological polar surface area (TPSA) is 3.24 Å². The van der Waals surface area contributed by atoms with Crippen molar-refractivity contribution < 1.29 is 0 Å². The summed E-state index contributed by atoms with van der Waals surface area (Å²) < 4.78 is 0. The number of rotatable bonds is 7. The third kappa shape index (κ3) is 11.6. The second-order valence-electron chi connectivity index (χ2n) is 14.6. The molecule has 0 bridgehead atoms. The Morgan fingerprint density at radius 1 is 0.538 bits per heavy atom. The minimum absolute atomic E-state index is 0.833. The molecule has 7 rings (SSSR count). The van der Waals surface area contributed by atoms with Gasteiger partial charge in [0, 0.05) is 22.2 Å². The molecular formula is C51H61N. The minimum atomic E-state index is 0.833. The van der Waals surface area contributed by atoms with Crippen molar-refractivity contribution in [3.8, 4) is 0 Å². The number of allylic oxidation sites excluding steroid dienone is 4. The third-order valence-corrected chi connectivity index (χ3v) is 9.01. The Kier molecular flexibility index (Phi) is 16.0. The second kappa shape index (κ2) is 20.8. The predicted octanol–water partition coefficient (Wildman–Crippen LogP) is 15.2. The Labute approximate surface area is 315 Å². The quantitative estimate of drug-likeness (QED) is 0.151. The van der Waals surface area contributed by atoms with E-state index < -0.39 is 0 Å². The lowest BCUT2D eigenvalue weighted by Crippen LogP contribution is -2.18. The predicted molar refractivity (Wildman–Crippen MR) is 232 cm³/mol. The summed E-state index contributed by atoms with van der Waals surface area (Å²) >= 11 is 0. The van der Waals surface area contributed by atoms with E-state index in [4.69, 9.17) is 0 Å². The smallest absolute Gasteiger partial charge is 0.0615 e. The average Bonchev–Trinajstić information content (AvgIpc) is 3.16. The van der Waals surface area contributed by atoms with Gasteiger partial charge in [-0.05, 0) is 98.0 Å². The summed E-state index contributed by atoms with van der Waals surface area (Å²) in [4.78, 5) is 2.50. The number of anilines is 2. The molecule has 1 aliphatic rings. The summed E-state index contributed by atoms with van der Waals surface area (Å²) in [6.07, 6.45) is 13.6. The van der Waals surface area contributed by atoms with E-state index in [0.29, 0.717) is 0 Å². The zero-order valence-electron chi connectivity index (χ0n) is 33.1. The van der Waals surface area contributed by atoms with Crippen LogP contribution in [0.5, 0.6) is 0 Å². The van der Waals surface area contributed by atoms with Crippen LogP contribution >= 0.6 is 0 Å². The zero-order valence-corrected chi connectivity index (χ0v) is 33.1. The highest BCUT2D eigenvalue weighted by Gasteiger charge is 2.21. The summed E-state index contributed by atoms with van der Waals surface area (Å²) in [5, 5.41) is 5.28. The monoisotopic (exact) mass is 687 g/mol. The van der Waals surface area contributed by atoms with Gasteiger partial charge in [0.05, 0.1) is 5.69 Å². The van der Waals surface area contributed by atoms with Crippen LogP contribution in [-0.4, -0.2) is 0 Å². The van der Waals surface area contributed by atoms with Crippen LogP contribution in [0.3, 0.4) is 0 Å². The summed E-state index contributed by atoms with van der Waals surface area (Å²) in [5.41, 5.74) is 10.8. The molecular weight excluding hydrogens is 627 g/mol. The molecule has 1 heteroatoms. The van der Waals surface area contributed by atoms with Gasteiger partial charge in [-0.2, -0.15) is 0 Å². The minimum Gasteiger partial charge on any atom is -0.313 e. The molecule has 0 N–H and O–H groups in total. The van der Waals surface area contributed by atoms with Crippen molar-refractivity contribution >= 4 is 32.9 Å². The highest BCUT2D eigenvalue weighted by molar-refractivity contribution is 6.15. The lowest BCUT2D eigenvalue weighted by Gasteiger charge is -2.32. The van der Waals surface area contributed by atoms with Crippen LogP contribution < -0.4 is 4.90 Å². The van der Waals surface area contributed by atoms with Crippen molar-refractivity contribution in [2.24, 2.45) is 5.92 Å². The van der Waals surface area contributed by atoms with E-state index in [1.54, 1.807) is 0 Å². The molecule has 0 saturated carbocycles. The summed E-state index contributed by atoms with van der Waals surface area (Å²) in [5.74, 6) is 0.833. The van der Waals surface area contributed by atoms with Crippen molar-refractivity contribution in [3.63, 3.8) is 0 Å². The zero-order chi connectivity index (χ0) is 37.3. The van der Waals surface area contributed by atoms with E-state index in [1.807, 2.05) is 18.2 Å². The average molecular weight is 688 g/mol. The molecule has 270 valence electrons. The summed E-state index contributed by atoms with van der Waals surface area (Å²) in [6, 6.07) is 45.9. The third-order valence-electron chi connectivity index (χ3n) is 9.01. The molecule has 0 amide bonds. The number of benzene rings is 6. The second-order valence-corrected chi connectivity index (χ2v) is 14.6. The van der Waals surface area contributed by atoms with E-state index in [9.17, 15) is 0 Å². The normalized spacial score (nSPS) is 11.8. The number of fused-ring (bicyclic) bond motifs is 2. The maximum atomic E-state index is 2.50. The van der Waals surface area contributed by atoms with Crippen molar-refractivity contribution in [1.29, 1.82) is 0 Å². The van der Waals surface area contributed by atoms with E-state index >= 15 is 0 Å². The van der Waals surface area contributed by atoms with Crippen LogP contribution in [0.15, 0.2) is 151 Å². The molecule has 0 fully saturated rings. The lowest BCUT2D eigenvalue weighted by molar-refractivity contribution is 0.737. The fourth-order valence-electron chi connectivity index (χ4n) is 6.46. The first kappa shape index (κ1) is 39.9. The Bertz CT molecular complexity index is 1930. The fourth-order valence-corrected chi connectivity index (χ4v) is 6.46. The Morgan fingerprint density at radius 2 is 0.981 bits per heavy atom. The molecule has 52 heavy (non-hydrogen) atoms.